The molecule has 0 aliphatic heterocycles. The highest BCUT2D eigenvalue weighted by Gasteiger charge is 2.27. The molecule has 0 amide bonds. The molecule has 0 aromatic heterocycles. The van der Waals surface area contributed by atoms with E-state index in [2.05, 4.69) is 111 Å². The van der Waals surface area contributed by atoms with Gasteiger partial charge in [-0.1, -0.05) is 394 Å². The van der Waals surface area contributed by atoms with Crippen LogP contribution < -0.4 is 0 Å². The van der Waals surface area contributed by atoms with Crippen molar-refractivity contribution in [2.24, 2.45) is 0 Å². The number of hydrogen-bond acceptors (Lipinski definition) is 7. The van der Waals surface area contributed by atoms with E-state index in [0.29, 0.717) is 23.9 Å². The monoisotopic (exact) mass is 1390 g/mol. The van der Waals surface area contributed by atoms with Crippen LogP contribution in [0.15, 0.2) is 97.2 Å². The Morgan fingerprint density at radius 2 is 0.551 bits per heavy atom. The van der Waals surface area contributed by atoms with Crippen LogP contribution in [-0.4, -0.2) is 74.9 Å². The van der Waals surface area contributed by atoms with Crippen molar-refractivity contribution < 1.29 is 42.1 Å². The fraction of sp³-hybridized carbons (Fsp3) is 0.795. The first kappa shape index (κ1) is 94.9. The molecule has 0 bridgehead atoms. The first-order valence-corrected chi connectivity index (χ1v) is 43.5. The van der Waals surface area contributed by atoms with Gasteiger partial charge in [0.2, 0.25) is 0 Å². The van der Waals surface area contributed by atoms with Crippen LogP contribution >= 0.6 is 7.82 Å². The van der Waals surface area contributed by atoms with Crippen molar-refractivity contribution in [3.05, 3.63) is 97.2 Å². The summed E-state index contributed by atoms with van der Waals surface area (Å²) in [6.07, 6.45) is 110. The lowest BCUT2D eigenvalue weighted by molar-refractivity contribution is -0.870. The van der Waals surface area contributed by atoms with Gasteiger partial charge in [-0.25, -0.2) is 4.57 Å². The maximum Gasteiger partial charge on any atom is 0.472 e. The molecule has 0 aliphatic rings. The molecule has 98 heavy (non-hydrogen) atoms. The van der Waals surface area contributed by atoms with E-state index in [0.717, 1.165) is 83.5 Å². The number of unbranched alkanes of at least 4 members (excludes halogenated alkanes) is 48. The standard InChI is InChI=1S/C88H160NO8P/c1-6-8-10-12-14-16-18-20-22-24-26-28-30-32-34-36-38-40-42-44-46-48-50-52-54-56-58-60-62-64-66-68-70-72-74-76-78-80-87(90)94-84-86(85-96-98(92,93)95-83-82-89(3,4)5)97-88(91)81-79-77-75-73-71-69-67-65-63-61-59-57-55-53-51-49-47-45-43-41-39-37-35-33-31-29-27-25-23-21-19-17-15-13-11-9-7-2/h8-11,14-17,20-23,26-29,86H,6-7,12-13,18-19,24-25,30-85H2,1-5H3/p+1/b10-8-,11-9-,16-14-,17-15-,22-20-,23-21-,28-26-,29-27-. The van der Waals surface area contributed by atoms with Crippen LogP contribution in [0.25, 0.3) is 0 Å². The number of carbonyl (C=O) groups is 2. The summed E-state index contributed by atoms with van der Waals surface area (Å²) in [5, 5.41) is 0. The molecule has 10 heteroatoms. The van der Waals surface area contributed by atoms with Crippen molar-refractivity contribution in [1.29, 1.82) is 0 Å². The molecule has 2 atom stereocenters. The van der Waals surface area contributed by atoms with Crippen LogP contribution in [0.4, 0.5) is 0 Å². The second-order valence-corrected chi connectivity index (χ2v) is 30.9. The van der Waals surface area contributed by atoms with Gasteiger partial charge >= 0.3 is 19.8 Å². The number of esters is 2. The van der Waals surface area contributed by atoms with Crippen molar-refractivity contribution in [3.63, 3.8) is 0 Å². The number of carbonyl (C=O) groups excluding carboxylic acids is 2. The molecule has 0 heterocycles. The number of rotatable bonds is 78. The first-order valence-electron chi connectivity index (χ1n) is 42.0. The molecule has 0 saturated carbocycles. The Kier molecular flexibility index (Phi) is 75.6. The summed E-state index contributed by atoms with van der Waals surface area (Å²) in [6, 6.07) is 0. The number of nitrogens with zero attached hydrogens (tertiary/aromatic N) is 1. The van der Waals surface area contributed by atoms with Gasteiger partial charge in [-0.2, -0.15) is 0 Å². The molecule has 0 saturated heterocycles. The fourth-order valence-electron chi connectivity index (χ4n) is 12.3. The Hall–Kier alpha value is -3.07. The zero-order valence-electron chi connectivity index (χ0n) is 65.3. The summed E-state index contributed by atoms with van der Waals surface area (Å²) < 4.78 is 34.9. The summed E-state index contributed by atoms with van der Waals surface area (Å²) in [6.45, 7) is 4.27. The van der Waals surface area contributed by atoms with E-state index in [9.17, 15) is 19.0 Å². The molecule has 570 valence electrons. The second-order valence-electron chi connectivity index (χ2n) is 29.5. The first-order chi connectivity index (χ1) is 48.0. The Labute approximate surface area is 608 Å². The van der Waals surface area contributed by atoms with E-state index in [1.54, 1.807) is 0 Å². The molecule has 0 rings (SSSR count). The highest BCUT2D eigenvalue weighted by atomic mass is 31.2. The Morgan fingerprint density at radius 3 is 0.816 bits per heavy atom. The van der Waals surface area contributed by atoms with Crippen molar-refractivity contribution in [1.82, 2.24) is 0 Å². The third-order valence-corrected chi connectivity index (χ3v) is 19.6. The van der Waals surface area contributed by atoms with Gasteiger partial charge in [0.15, 0.2) is 6.10 Å². The number of ether oxygens (including phenoxy) is 2. The molecule has 0 aromatic rings. The van der Waals surface area contributed by atoms with E-state index < -0.39 is 26.5 Å². The summed E-state index contributed by atoms with van der Waals surface area (Å²) in [5.41, 5.74) is 0. The van der Waals surface area contributed by atoms with Crippen molar-refractivity contribution in [2.75, 3.05) is 47.5 Å². The van der Waals surface area contributed by atoms with Gasteiger partial charge in [0.1, 0.15) is 19.8 Å². The predicted octanol–water partition coefficient (Wildman–Crippen LogP) is 28.2. The number of likely N-dealkylation sites (N-methyl/N-ethyl adjacent to an activating group) is 1. The van der Waals surface area contributed by atoms with E-state index in [-0.39, 0.29) is 25.6 Å². The minimum Gasteiger partial charge on any atom is -0.462 e. The van der Waals surface area contributed by atoms with Gasteiger partial charge in [0.25, 0.3) is 0 Å². The topological polar surface area (TPSA) is 108 Å². The lowest BCUT2D eigenvalue weighted by Gasteiger charge is -2.24. The van der Waals surface area contributed by atoms with Crippen LogP contribution in [0.5, 0.6) is 0 Å². The zero-order chi connectivity index (χ0) is 71.1. The van der Waals surface area contributed by atoms with Gasteiger partial charge in [0.05, 0.1) is 27.7 Å². The molecule has 0 fully saturated rings. The lowest BCUT2D eigenvalue weighted by atomic mass is 10.0. The summed E-state index contributed by atoms with van der Waals surface area (Å²) in [7, 11) is 1.50. The van der Waals surface area contributed by atoms with Gasteiger partial charge in [-0.05, 0) is 89.9 Å². The molecule has 1 N–H and O–H groups in total. The maximum absolute atomic E-state index is 12.9. The second kappa shape index (κ2) is 78.1. The van der Waals surface area contributed by atoms with Gasteiger partial charge in [-0.15, -0.1) is 0 Å². The molecule has 0 aromatic carbocycles. The Bertz CT molecular complexity index is 1980. The molecule has 0 spiro atoms. The molecule has 0 radical (unpaired) electrons. The highest BCUT2D eigenvalue weighted by molar-refractivity contribution is 7.47. The van der Waals surface area contributed by atoms with Crippen LogP contribution in [0.2, 0.25) is 0 Å². The van der Waals surface area contributed by atoms with Crippen LogP contribution in [0, 0.1) is 0 Å². The van der Waals surface area contributed by atoms with Crippen molar-refractivity contribution in [2.45, 2.75) is 405 Å². The lowest BCUT2D eigenvalue weighted by Crippen LogP contribution is -2.37. The SMILES string of the molecule is CC/C=C\C/C=C\C/C=C\C/C=C\CCCCCCCCCCCCCCCCCCCCCCCCCCC(=O)OCC(COP(=O)(O)OCC[N+](C)(C)C)OC(=O)CCCCCCCCCCCCCCCCCCCCCCCCCC/C=C\C/C=C\C/C=C\C/C=C\CC. The van der Waals surface area contributed by atoms with Crippen molar-refractivity contribution >= 4 is 19.8 Å². The van der Waals surface area contributed by atoms with Crippen LogP contribution in [0.3, 0.4) is 0 Å². The third-order valence-electron chi connectivity index (χ3n) is 18.6. The highest BCUT2D eigenvalue weighted by Crippen LogP contribution is 2.43. The quantitative estimate of drug-likeness (QED) is 0.0211. The number of hydrogen-bond donors (Lipinski definition) is 1. The Morgan fingerprint density at radius 1 is 0.316 bits per heavy atom. The van der Waals surface area contributed by atoms with E-state index >= 15 is 0 Å². The minimum atomic E-state index is -4.40. The minimum absolute atomic E-state index is 0.0330. The van der Waals surface area contributed by atoms with E-state index in [1.807, 2.05) is 21.1 Å². The van der Waals surface area contributed by atoms with Crippen LogP contribution in [-0.2, 0) is 32.7 Å². The van der Waals surface area contributed by atoms with E-state index in [4.69, 9.17) is 18.5 Å². The van der Waals surface area contributed by atoms with Gasteiger partial charge < -0.3 is 18.9 Å². The van der Waals surface area contributed by atoms with Gasteiger partial charge in [-0.3, -0.25) is 18.6 Å². The molecular weight excluding hydrogens is 1230 g/mol. The molecule has 0 aliphatic carbocycles. The normalized spacial score (nSPS) is 13.5. The zero-order valence-corrected chi connectivity index (χ0v) is 66.2. The summed E-state index contributed by atoms with van der Waals surface area (Å²) >= 11 is 0. The smallest absolute Gasteiger partial charge is 0.462 e. The fourth-order valence-corrected chi connectivity index (χ4v) is 13.0. The number of phosphoric acid groups is 1. The average Bonchev–Trinajstić information content (AvgIpc) is 1.14. The van der Waals surface area contributed by atoms with Crippen molar-refractivity contribution in [3.8, 4) is 0 Å². The van der Waals surface area contributed by atoms with Crippen LogP contribution in [0.1, 0.15) is 399 Å². The number of quaternary nitrogens is 1. The molecule has 9 nitrogen and oxygen atoms in total. The molecular formula is C88H161NO8P+. The Balaban J connectivity index is 3.88. The predicted molar refractivity (Wildman–Crippen MR) is 427 cm³/mol. The maximum atomic E-state index is 12.9. The largest absolute Gasteiger partial charge is 0.472 e. The summed E-state index contributed by atoms with van der Waals surface area (Å²) in [5.74, 6) is -0.775. The number of phosphoric ester groups is 1. The summed E-state index contributed by atoms with van der Waals surface area (Å²) in [4.78, 5) is 36.0. The van der Waals surface area contributed by atoms with E-state index in [1.165, 1.54) is 283 Å². The average molecular weight is 1390 g/mol. The number of allylic oxidation sites excluding steroid dienone is 16. The third kappa shape index (κ3) is 81.9. The van der Waals surface area contributed by atoms with Gasteiger partial charge in [0, 0.05) is 12.8 Å². The molecule has 2 unspecified atom stereocenters.